The molecule has 6 nitrogen and oxygen atoms in total. The molecule has 1 aromatic heterocycles. The van der Waals surface area contributed by atoms with E-state index >= 15 is 0 Å². The number of rotatable bonds is 7. The lowest BCUT2D eigenvalue weighted by Gasteiger charge is -2.11. The lowest BCUT2D eigenvalue weighted by Crippen LogP contribution is -2.35. The molecule has 0 saturated carbocycles. The minimum absolute atomic E-state index is 0.185. The van der Waals surface area contributed by atoms with Crippen LogP contribution in [0.2, 0.25) is 0 Å². The molecule has 0 radical (unpaired) electrons. The third-order valence-electron chi connectivity index (χ3n) is 3.09. The van der Waals surface area contributed by atoms with Gasteiger partial charge >= 0.3 is 0 Å². The molecule has 122 valence electrons. The molecule has 1 heterocycles. The Morgan fingerprint density at radius 1 is 1.17 bits per heavy atom. The zero-order valence-corrected chi connectivity index (χ0v) is 12.3. The molecule has 2 rings (SSSR count). The summed E-state index contributed by atoms with van der Waals surface area (Å²) in [7, 11) is 0. The molecule has 0 aliphatic rings. The molecule has 23 heavy (non-hydrogen) atoms. The first kappa shape index (κ1) is 16.7. The predicted molar refractivity (Wildman–Crippen MR) is 80.0 cm³/mol. The molecule has 0 saturated heterocycles. The number of furan rings is 1. The number of halogens is 1. The van der Waals surface area contributed by atoms with Crippen LogP contribution in [0.3, 0.4) is 0 Å². The number of benzene rings is 1. The van der Waals surface area contributed by atoms with Crippen molar-refractivity contribution in [2.45, 2.75) is 12.5 Å². The van der Waals surface area contributed by atoms with Crippen molar-refractivity contribution < 1.29 is 23.5 Å². The van der Waals surface area contributed by atoms with E-state index in [1.165, 1.54) is 30.5 Å². The third-order valence-corrected chi connectivity index (χ3v) is 3.09. The highest BCUT2D eigenvalue weighted by molar-refractivity contribution is 5.91. The number of carbonyl (C=O) groups excluding carboxylic acids is 2. The molecule has 1 aromatic carbocycles. The van der Waals surface area contributed by atoms with Gasteiger partial charge in [-0.1, -0.05) is 12.1 Å². The van der Waals surface area contributed by atoms with E-state index in [2.05, 4.69) is 10.6 Å². The molecule has 0 spiro atoms. The average molecular weight is 320 g/mol. The Hall–Kier alpha value is -2.67. The number of aliphatic hydroxyl groups is 1. The first-order chi connectivity index (χ1) is 11.1. The van der Waals surface area contributed by atoms with Gasteiger partial charge in [-0.15, -0.1) is 0 Å². The molecule has 2 aromatic rings. The fourth-order valence-electron chi connectivity index (χ4n) is 1.95. The zero-order valence-electron chi connectivity index (χ0n) is 12.3. The van der Waals surface area contributed by atoms with Crippen molar-refractivity contribution in [1.29, 1.82) is 0 Å². The SMILES string of the molecule is O=C(CC(O)c1cccc(F)c1)NCCNC(=O)c1ccco1. The smallest absolute Gasteiger partial charge is 0.287 e. The van der Waals surface area contributed by atoms with Gasteiger partial charge in [0.15, 0.2) is 5.76 Å². The standard InChI is InChI=1S/C16H17FN2O4/c17-12-4-1-3-11(9-12)13(20)10-15(21)18-6-7-19-16(22)14-5-2-8-23-14/h1-5,8-9,13,20H,6-7,10H2,(H,18,21)(H,19,22). The molecule has 0 aliphatic carbocycles. The second-order valence-electron chi connectivity index (χ2n) is 4.86. The normalized spacial score (nSPS) is 11.7. The summed E-state index contributed by atoms with van der Waals surface area (Å²) in [5.74, 6) is -1.04. The Labute approximate surface area is 132 Å². The van der Waals surface area contributed by atoms with Crippen molar-refractivity contribution in [1.82, 2.24) is 10.6 Å². The fraction of sp³-hybridized carbons (Fsp3) is 0.250. The summed E-state index contributed by atoms with van der Waals surface area (Å²) >= 11 is 0. The van der Waals surface area contributed by atoms with Crippen LogP contribution in [0.25, 0.3) is 0 Å². The number of hydrogen-bond acceptors (Lipinski definition) is 4. The first-order valence-corrected chi connectivity index (χ1v) is 7.08. The number of nitrogens with one attached hydrogen (secondary N) is 2. The lowest BCUT2D eigenvalue weighted by molar-refractivity contribution is -0.123. The van der Waals surface area contributed by atoms with Gasteiger partial charge in [-0.2, -0.15) is 0 Å². The lowest BCUT2D eigenvalue weighted by atomic mass is 10.1. The van der Waals surface area contributed by atoms with Crippen LogP contribution in [0.1, 0.15) is 28.6 Å². The van der Waals surface area contributed by atoms with Gasteiger partial charge in [0, 0.05) is 13.1 Å². The summed E-state index contributed by atoms with van der Waals surface area (Å²) in [4.78, 5) is 23.2. The molecule has 1 unspecified atom stereocenters. The third kappa shape index (κ3) is 5.23. The van der Waals surface area contributed by atoms with Gasteiger partial charge in [0.1, 0.15) is 5.82 Å². The maximum absolute atomic E-state index is 13.0. The van der Waals surface area contributed by atoms with Gasteiger partial charge in [-0.25, -0.2) is 4.39 Å². The molecule has 0 aliphatic heterocycles. The Kier molecular flexibility index (Phi) is 5.87. The van der Waals surface area contributed by atoms with Crippen molar-refractivity contribution >= 4 is 11.8 Å². The van der Waals surface area contributed by atoms with E-state index < -0.39 is 17.8 Å². The van der Waals surface area contributed by atoms with Gasteiger partial charge < -0.3 is 20.2 Å². The Morgan fingerprint density at radius 3 is 2.65 bits per heavy atom. The average Bonchev–Trinajstić information content (AvgIpc) is 3.06. The van der Waals surface area contributed by atoms with Crippen molar-refractivity contribution in [3.05, 3.63) is 59.8 Å². The van der Waals surface area contributed by atoms with E-state index in [0.29, 0.717) is 5.56 Å². The van der Waals surface area contributed by atoms with Gasteiger partial charge in [-0.05, 0) is 29.8 Å². The zero-order chi connectivity index (χ0) is 16.7. The van der Waals surface area contributed by atoms with Crippen LogP contribution >= 0.6 is 0 Å². The highest BCUT2D eigenvalue weighted by Crippen LogP contribution is 2.17. The fourth-order valence-corrected chi connectivity index (χ4v) is 1.95. The van der Waals surface area contributed by atoms with Gasteiger partial charge in [-0.3, -0.25) is 9.59 Å². The largest absolute Gasteiger partial charge is 0.459 e. The summed E-state index contributed by atoms with van der Waals surface area (Å²) in [6.07, 6.45) is 0.128. The van der Waals surface area contributed by atoms with E-state index in [0.717, 1.165) is 0 Å². The maximum Gasteiger partial charge on any atom is 0.287 e. The number of amides is 2. The first-order valence-electron chi connectivity index (χ1n) is 7.08. The van der Waals surface area contributed by atoms with E-state index in [1.54, 1.807) is 12.1 Å². The van der Waals surface area contributed by atoms with Crippen molar-refractivity contribution in [3.63, 3.8) is 0 Å². The molecular weight excluding hydrogens is 303 g/mol. The summed E-state index contributed by atoms with van der Waals surface area (Å²) in [5.41, 5.74) is 0.339. The van der Waals surface area contributed by atoms with E-state index in [9.17, 15) is 19.1 Å². The number of carbonyl (C=O) groups is 2. The summed E-state index contributed by atoms with van der Waals surface area (Å²) in [5, 5.41) is 15.0. The highest BCUT2D eigenvalue weighted by Gasteiger charge is 2.13. The summed E-state index contributed by atoms with van der Waals surface area (Å²) < 4.78 is 18.0. The molecule has 1 atom stereocenters. The van der Waals surface area contributed by atoms with Crippen molar-refractivity contribution in [3.8, 4) is 0 Å². The monoisotopic (exact) mass is 320 g/mol. The van der Waals surface area contributed by atoms with Gasteiger partial charge in [0.05, 0.1) is 18.8 Å². The second-order valence-corrected chi connectivity index (χ2v) is 4.86. The van der Waals surface area contributed by atoms with Crippen LogP contribution < -0.4 is 10.6 Å². The summed E-state index contributed by atoms with van der Waals surface area (Å²) in [6.45, 7) is 0.433. The van der Waals surface area contributed by atoms with Crippen LogP contribution in [-0.2, 0) is 4.79 Å². The van der Waals surface area contributed by atoms with Gasteiger partial charge in [0.2, 0.25) is 5.91 Å². The molecular formula is C16H17FN2O4. The van der Waals surface area contributed by atoms with Crippen molar-refractivity contribution in [2.75, 3.05) is 13.1 Å². The number of hydrogen-bond donors (Lipinski definition) is 3. The Morgan fingerprint density at radius 2 is 1.96 bits per heavy atom. The molecule has 0 fully saturated rings. The molecule has 7 heteroatoms. The molecule has 0 bridgehead atoms. The Balaban J connectivity index is 1.68. The molecule has 3 N–H and O–H groups in total. The maximum atomic E-state index is 13.0. The highest BCUT2D eigenvalue weighted by atomic mass is 19.1. The minimum atomic E-state index is -1.08. The van der Waals surface area contributed by atoms with Crippen molar-refractivity contribution in [2.24, 2.45) is 0 Å². The second kappa shape index (κ2) is 8.09. The topological polar surface area (TPSA) is 91.6 Å². The van der Waals surface area contributed by atoms with Crippen LogP contribution in [0.4, 0.5) is 4.39 Å². The van der Waals surface area contributed by atoms with Gasteiger partial charge in [0.25, 0.3) is 5.91 Å². The van der Waals surface area contributed by atoms with E-state index in [-0.39, 0.29) is 31.2 Å². The summed E-state index contributed by atoms with van der Waals surface area (Å²) in [6, 6.07) is 8.59. The molecule has 2 amide bonds. The minimum Gasteiger partial charge on any atom is -0.459 e. The predicted octanol–water partition coefficient (Wildman–Crippen LogP) is 1.39. The van der Waals surface area contributed by atoms with Crippen LogP contribution in [0, 0.1) is 5.82 Å². The van der Waals surface area contributed by atoms with Crippen LogP contribution in [-0.4, -0.2) is 30.0 Å². The quantitative estimate of drug-likeness (QED) is 0.672. The van der Waals surface area contributed by atoms with E-state index in [4.69, 9.17) is 4.42 Å². The Bertz CT molecular complexity index is 658. The van der Waals surface area contributed by atoms with Crippen LogP contribution in [0.5, 0.6) is 0 Å². The number of aliphatic hydroxyl groups excluding tert-OH is 1. The van der Waals surface area contributed by atoms with E-state index in [1.807, 2.05) is 0 Å². The van der Waals surface area contributed by atoms with Crippen LogP contribution in [0.15, 0.2) is 47.1 Å².